The summed E-state index contributed by atoms with van der Waals surface area (Å²) in [7, 11) is 0. The Kier molecular flexibility index (Phi) is 3.72. The van der Waals surface area contributed by atoms with E-state index in [0.717, 1.165) is 5.56 Å². The highest BCUT2D eigenvalue weighted by Gasteiger charge is 2.39. The van der Waals surface area contributed by atoms with Gasteiger partial charge in [-0.25, -0.2) is 0 Å². The summed E-state index contributed by atoms with van der Waals surface area (Å²) in [5.41, 5.74) is 5.24. The Bertz CT molecular complexity index is 340. The first-order chi connectivity index (χ1) is 6.97. The SMILES string of the molecule is CC(Cl)C(N)(Cc1ccccc1)C(=O)O. The normalized spacial score (nSPS) is 16.7. The lowest BCUT2D eigenvalue weighted by molar-refractivity contribution is -0.143. The summed E-state index contributed by atoms with van der Waals surface area (Å²) in [5, 5.41) is 8.43. The zero-order valence-electron chi connectivity index (χ0n) is 8.48. The van der Waals surface area contributed by atoms with Gasteiger partial charge in [-0.3, -0.25) is 4.79 Å². The van der Waals surface area contributed by atoms with Crippen LogP contribution in [0.3, 0.4) is 0 Å². The highest BCUT2D eigenvalue weighted by molar-refractivity contribution is 6.23. The molecule has 0 aliphatic carbocycles. The molecule has 82 valence electrons. The van der Waals surface area contributed by atoms with E-state index in [0.29, 0.717) is 0 Å². The second-order valence-electron chi connectivity index (χ2n) is 3.62. The number of alkyl halides is 1. The second kappa shape index (κ2) is 4.64. The van der Waals surface area contributed by atoms with Crippen molar-refractivity contribution in [3.8, 4) is 0 Å². The van der Waals surface area contributed by atoms with E-state index >= 15 is 0 Å². The van der Waals surface area contributed by atoms with Crippen molar-refractivity contribution in [3.05, 3.63) is 35.9 Å². The van der Waals surface area contributed by atoms with Gasteiger partial charge in [-0.05, 0) is 12.5 Å². The zero-order valence-corrected chi connectivity index (χ0v) is 9.24. The van der Waals surface area contributed by atoms with Crippen LogP contribution in [0.15, 0.2) is 30.3 Å². The lowest BCUT2D eigenvalue weighted by Crippen LogP contribution is -2.56. The topological polar surface area (TPSA) is 63.3 Å². The minimum Gasteiger partial charge on any atom is -0.480 e. The average molecular weight is 228 g/mol. The highest BCUT2D eigenvalue weighted by Crippen LogP contribution is 2.19. The fourth-order valence-corrected chi connectivity index (χ4v) is 1.49. The Balaban J connectivity index is 2.90. The number of halogens is 1. The quantitative estimate of drug-likeness (QED) is 0.769. The zero-order chi connectivity index (χ0) is 11.5. The molecule has 1 aromatic carbocycles. The van der Waals surface area contributed by atoms with Crippen LogP contribution in [0.4, 0.5) is 0 Å². The van der Waals surface area contributed by atoms with Gasteiger partial charge in [0.15, 0.2) is 0 Å². The van der Waals surface area contributed by atoms with Gasteiger partial charge in [-0.1, -0.05) is 30.3 Å². The molecule has 0 radical (unpaired) electrons. The number of carboxylic acids is 1. The van der Waals surface area contributed by atoms with Crippen LogP contribution in [0, 0.1) is 0 Å². The predicted molar refractivity (Wildman–Crippen MR) is 60.0 cm³/mol. The summed E-state index contributed by atoms with van der Waals surface area (Å²) in [4.78, 5) is 11.1. The molecular weight excluding hydrogens is 214 g/mol. The largest absolute Gasteiger partial charge is 0.480 e. The summed E-state index contributed by atoms with van der Waals surface area (Å²) < 4.78 is 0. The molecule has 1 aromatic rings. The molecule has 0 spiro atoms. The predicted octanol–water partition coefficient (Wildman–Crippen LogP) is 1.64. The van der Waals surface area contributed by atoms with E-state index in [4.69, 9.17) is 22.4 Å². The number of aliphatic carboxylic acids is 1. The van der Waals surface area contributed by atoms with Gasteiger partial charge >= 0.3 is 5.97 Å². The Labute approximate surface area is 93.9 Å². The third-order valence-electron chi connectivity index (χ3n) is 2.45. The van der Waals surface area contributed by atoms with Crippen molar-refractivity contribution in [2.24, 2.45) is 5.73 Å². The molecule has 0 saturated heterocycles. The van der Waals surface area contributed by atoms with Crippen molar-refractivity contribution >= 4 is 17.6 Å². The van der Waals surface area contributed by atoms with Crippen LogP contribution in [0.25, 0.3) is 0 Å². The number of carbonyl (C=O) groups is 1. The molecule has 0 saturated carbocycles. The van der Waals surface area contributed by atoms with Crippen molar-refractivity contribution in [1.29, 1.82) is 0 Å². The van der Waals surface area contributed by atoms with E-state index in [9.17, 15) is 4.79 Å². The van der Waals surface area contributed by atoms with E-state index in [2.05, 4.69) is 0 Å². The van der Waals surface area contributed by atoms with E-state index in [1.54, 1.807) is 6.92 Å². The van der Waals surface area contributed by atoms with Crippen LogP contribution in [0.5, 0.6) is 0 Å². The monoisotopic (exact) mass is 227 g/mol. The number of carboxylic acid groups (broad SMARTS) is 1. The van der Waals surface area contributed by atoms with Crippen molar-refractivity contribution in [3.63, 3.8) is 0 Å². The number of rotatable bonds is 4. The number of hydrogen-bond donors (Lipinski definition) is 2. The second-order valence-corrected chi connectivity index (χ2v) is 4.28. The van der Waals surface area contributed by atoms with Gasteiger partial charge in [-0.2, -0.15) is 0 Å². The van der Waals surface area contributed by atoms with Crippen LogP contribution >= 0.6 is 11.6 Å². The highest BCUT2D eigenvalue weighted by atomic mass is 35.5. The van der Waals surface area contributed by atoms with E-state index < -0.39 is 16.9 Å². The molecule has 0 aromatic heterocycles. The van der Waals surface area contributed by atoms with Crippen molar-refractivity contribution in [1.82, 2.24) is 0 Å². The lowest BCUT2D eigenvalue weighted by Gasteiger charge is -2.27. The average Bonchev–Trinajstić information content (AvgIpc) is 2.18. The van der Waals surface area contributed by atoms with Gasteiger partial charge < -0.3 is 10.8 Å². The molecule has 0 fully saturated rings. The smallest absolute Gasteiger partial charge is 0.325 e. The Hall–Kier alpha value is -1.06. The molecule has 0 bridgehead atoms. The standard InChI is InChI=1S/C11H14ClNO2/c1-8(12)11(13,10(14)15)7-9-5-3-2-4-6-9/h2-6,8H,7,13H2,1H3,(H,14,15). The molecule has 3 nitrogen and oxygen atoms in total. The molecule has 0 aliphatic rings. The summed E-state index contributed by atoms with van der Waals surface area (Å²) in [6, 6.07) is 9.23. The number of hydrogen-bond acceptors (Lipinski definition) is 2. The van der Waals surface area contributed by atoms with Gasteiger partial charge in [0.2, 0.25) is 0 Å². The summed E-state index contributed by atoms with van der Waals surface area (Å²) in [6.45, 7) is 1.60. The lowest BCUT2D eigenvalue weighted by atomic mass is 9.89. The van der Waals surface area contributed by atoms with Gasteiger partial charge in [0.05, 0.1) is 5.38 Å². The van der Waals surface area contributed by atoms with Gasteiger partial charge in [0, 0.05) is 6.42 Å². The molecule has 4 heteroatoms. The summed E-state index contributed by atoms with van der Waals surface area (Å²) >= 11 is 5.82. The Morgan fingerprint density at radius 1 is 1.53 bits per heavy atom. The molecule has 2 unspecified atom stereocenters. The summed E-state index contributed by atoms with van der Waals surface area (Å²) in [6.07, 6.45) is 0.230. The Morgan fingerprint density at radius 2 is 2.07 bits per heavy atom. The number of benzene rings is 1. The van der Waals surface area contributed by atoms with Crippen molar-refractivity contribution < 1.29 is 9.90 Å². The molecule has 1 rings (SSSR count). The van der Waals surface area contributed by atoms with Gasteiger partial charge in [-0.15, -0.1) is 11.6 Å². The maximum Gasteiger partial charge on any atom is 0.325 e. The van der Waals surface area contributed by atoms with Crippen molar-refractivity contribution in [2.75, 3.05) is 0 Å². The first-order valence-electron chi connectivity index (χ1n) is 4.67. The maximum atomic E-state index is 11.1. The molecule has 0 aliphatic heterocycles. The maximum absolute atomic E-state index is 11.1. The summed E-state index contributed by atoms with van der Waals surface area (Å²) in [5.74, 6) is -1.08. The van der Waals surface area contributed by atoms with E-state index in [1.807, 2.05) is 30.3 Å². The third-order valence-corrected chi connectivity index (χ3v) is 2.84. The van der Waals surface area contributed by atoms with Crippen LogP contribution in [-0.4, -0.2) is 22.0 Å². The molecule has 0 heterocycles. The van der Waals surface area contributed by atoms with Gasteiger partial charge in [0.25, 0.3) is 0 Å². The van der Waals surface area contributed by atoms with Crippen molar-refractivity contribution in [2.45, 2.75) is 24.3 Å². The first-order valence-corrected chi connectivity index (χ1v) is 5.10. The van der Waals surface area contributed by atoms with Gasteiger partial charge in [0.1, 0.15) is 5.54 Å². The van der Waals surface area contributed by atoms with Crippen LogP contribution in [-0.2, 0) is 11.2 Å². The third kappa shape index (κ3) is 2.70. The van der Waals surface area contributed by atoms with Crippen LogP contribution < -0.4 is 5.73 Å². The molecule has 0 amide bonds. The molecule has 2 atom stereocenters. The molecule has 3 N–H and O–H groups in total. The Morgan fingerprint density at radius 3 is 2.47 bits per heavy atom. The van der Waals surface area contributed by atoms with E-state index in [-0.39, 0.29) is 6.42 Å². The van der Waals surface area contributed by atoms with Crippen LogP contribution in [0.2, 0.25) is 0 Å². The minimum absolute atomic E-state index is 0.230. The number of nitrogens with two attached hydrogens (primary N) is 1. The molecule has 15 heavy (non-hydrogen) atoms. The fraction of sp³-hybridized carbons (Fsp3) is 0.364. The fourth-order valence-electron chi connectivity index (χ4n) is 1.32. The molecular formula is C11H14ClNO2. The van der Waals surface area contributed by atoms with Crippen LogP contribution in [0.1, 0.15) is 12.5 Å². The minimum atomic E-state index is -1.41. The first kappa shape index (κ1) is 12.0. The van der Waals surface area contributed by atoms with E-state index in [1.165, 1.54) is 0 Å².